The van der Waals surface area contributed by atoms with Crippen LogP contribution in [0.1, 0.15) is 4.88 Å². The molecule has 0 N–H and O–H groups in total. The molecule has 74 valence electrons. The number of rotatable bonds is 1. The lowest BCUT2D eigenvalue weighted by molar-refractivity contribution is 1.37. The van der Waals surface area contributed by atoms with Gasteiger partial charge in [-0.15, -0.1) is 22.9 Å². The predicted molar refractivity (Wildman–Crippen MR) is 63.1 cm³/mol. The molecule has 14 heavy (non-hydrogen) atoms. The number of benzene rings is 1. The summed E-state index contributed by atoms with van der Waals surface area (Å²) < 4.78 is 0.556. The Morgan fingerprint density at radius 3 is 1.79 bits per heavy atom. The molecule has 0 unspecified atom stereocenters. The monoisotopic (exact) mass is 245 g/mol. The summed E-state index contributed by atoms with van der Waals surface area (Å²) in [4.78, 5) is 4.80. The predicted octanol–water partition coefficient (Wildman–Crippen LogP) is 4.22. The molecule has 2 aromatic rings. The minimum absolute atomic E-state index is 0.504. The average molecular weight is 246 g/mol. The van der Waals surface area contributed by atoms with Crippen molar-refractivity contribution in [2.75, 3.05) is 0 Å². The standard InChI is InChI=1S/C6H6.C4H3Cl2NS/c1-2-4-6-5-3-1;5-1-3-2-7-4(6)8-3/h1-6H;2H,1H2. The molecule has 1 nitrogen and oxygen atoms in total. The second-order valence-corrected chi connectivity index (χ2v) is 4.33. The van der Waals surface area contributed by atoms with Crippen LogP contribution in [-0.2, 0) is 5.88 Å². The molecule has 2 rings (SSSR count). The fourth-order valence-corrected chi connectivity index (χ4v) is 1.79. The molecule has 0 fully saturated rings. The van der Waals surface area contributed by atoms with E-state index >= 15 is 0 Å². The minimum Gasteiger partial charge on any atom is -0.233 e. The fraction of sp³-hybridized carbons (Fsp3) is 0.100. The number of nitrogens with zero attached hydrogens (tertiary/aromatic N) is 1. The van der Waals surface area contributed by atoms with Gasteiger partial charge in [-0.3, -0.25) is 0 Å². The largest absolute Gasteiger partial charge is 0.233 e. The third-order valence-corrected chi connectivity index (χ3v) is 2.88. The Balaban J connectivity index is 0.000000146. The Morgan fingerprint density at radius 2 is 1.57 bits per heavy atom. The van der Waals surface area contributed by atoms with E-state index in [-0.39, 0.29) is 0 Å². The second kappa shape index (κ2) is 6.82. The van der Waals surface area contributed by atoms with Gasteiger partial charge in [0.2, 0.25) is 0 Å². The van der Waals surface area contributed by atoms with Crippen molar-refractivity contribution in [3.05, 3.63) is 51.9 Å². The molecule has 0 saturated heterocycles. The maximum Gasteiger partial charge on any atom is 0.183 e. The molecular weight excluding hydrogens is 237 g/mol. The van der Waals surface area contributed by atoms with Crippen molar-refractivity contribution in [3.63, 3.8) is 0 Å². The van der Waals surface area contributed by atoms with E-state index in [1.54, 1.807) is 6.20 Å². The SMILES string of the molecule is ClCc1cnc(Cl)s1.c1ccccc1. The van der Waals surface area contributed by atoms with Gasteiger partial charge in [0.25, 0.3) is 0 Å². The molecule has 0 aliphatic heterocycles. The van der Waals surface area contributed by atoms with Crippen LogP contribution in [0.3, 0.4) is 0 Å². The minimum atomic E-state index is 0.504. The van der Waals surface area contributed by atoms with Crippen molar-refractivity contribution in [3.8, 4) is 0 Å². The van der Waals surface area contributed by atoms with Crippen LogP contribution < -0.4 is 0 Å². The van der Waals surface area contributed by atoms with Crippen LogP contribution in [-0.4, -0.2) is 4.98 Å². The highest BCUT2D eigenvalue weighted by Crippen LogP contribution is 2.18. The van der Waals surface area contributed by atoms with E-state index in [2.05, 4.69) is 4.98 Å². The normalized spacial score (nSPS) is 9.00. The van der Waals surface area contributed by atoms with Gasteiger partial charge in [0.05, 0.1) is 5.88 Å². The smallest absolute Gasteiger partial charge is 0.183 e. The first-order valence-corrected chi connectivity index (χ1v) is 5.72. The van der Waals surface area contributed by atoms with Crippen LogP contribution in [0.2, 0.25) is 4.47 Å². The molecule has 0 aliphatic rings. The van der Waals surface area contributed by atoms with E-state index in [1.165, 1.54) is 11.3 Å². The van der Waals surface area contributed by atoms with E-state index < -0.39 is 0 Å². The molecule has 0 atom stereocenters. The second-order valence-electron chi connectivity index (χ2n) is 2.37. The highest BCUT2D eigenvalue weighted by Gasteiger charge is 1.94. The number of hydrogen-bond acceptors (Lipinski definition) is 2. The summed E-state index contributed by atoms with van der Waals surface area (Å²) in [6.07, 6.45) is 1.68. The van der Waals surface area contributed by atoms with Gasteiger partial charge in [-0.2, -0.15) is 0 Å². The zero-order chi connectivity index (χ0) is 10.2. The zero-order valence-corrected chi connectivity index (χ0v) is 9.69. The van der Waals surface area contributed by atoms with Gasteiger partial charge in [0.1, 0.15) is 0 Å². The highest BCUT2D eigenvalue weighted by molar-refractivity contribution is 7.15. The summed E-state index contributed by atoms with van der Waals surface area (Å²) in [5.74, 6) is 0.504. The Hall–Kier alpha value is -0.570. The topological polar surface area (TPSA) is 12.9 Å². The lowest BCUT2D eigenvalue weighted by Gasteiger charge is -1.75. The summed E-state index contributed by atoms with van der Waals surface area (Å²) >= 11 is 12.4. The van der Waals surface area contributed by atoms with Crippen molar-refractivity contribution in [1.82, 2.24) is 4.98 Å². The molecule has 0 aliphatic carbocycles. The van der Waals surface area contributed by atoms with Crippen LogP contribution in [0.5, 0.6) is 0 Å². The first-order chi connectivity index (χ1) is 6.83. The van der Waals surface area contributed by atoms with E-state index in [4.69, 9.17) is 23.2 Å². The lowest BCUT2D eigenvalue weighted by atomic mass is 10.4. The summed E-state index contributed by atoms with van der Waals surface area (Å²) in [5, 5.41) is 0. The van der Waals surface area contributed by atoms with Gasteiger partial charge in [-0.25, -0.2) is 4.98 Å². The maximum atomic E-state index is 5.49. The molecule has 0 bridgehead atoms. The quantitative estimate of drug-likeness (QED) is 0.686. The molecule has 4 heteroatoms. The molecular formula is C10H9Cl2NS. The first kappa shape index (κ1) is 11.5. The highest BCUT2D eigenvalue weighted by atomic mass is 35.5. The van der Waals surface area contributed by atoms with Gasteiger partial charge in [0.15, 0.2) is 4.47 Å². The third kappa shape index (κ3) is 4.61. The summed E-state index contributed by atoms with van der Waals surface area (Å²) in [5.41, 5.74) is 0. The Labute approximate surface area is 97.3 Å². The molecule has 1 aromatic heterocycles. The maximum absolute atomic E-state index is 5.49. The van der Waals surface area contributed by atoms with E-state index in [0.29, 0.717) is 10.3 Å². The summed E-state index contributed by atoms with van der Waals surface area (Å²) in [7, 11) is 0. The first-order valence-electron chi connectivity index (χ1n) is 3.99. The van der Waals surface area contributed by atoms with Crippen molar-refractivity contribution in [2.45, 2.75) is 5.88 Å². The van der Waals surface area contributed by atoms with Crippen molar-refractivity contribution >= 4 is 34.5 Å². The summed E-state index contributed by atoms with van der Waals surface area (Å²) in [6, 6.07) is 12.0. The fourth-order valence-electron chi connectivity index (χ4n) is 0.730. The van der Waals surface area contributed by atoms with E-state index in [9.17, 15) is 0 Å². The van der Waals surface area contributed by atoms with Gasteiger partial charge in [0, 0.05) is 11.1 Å². The molecule has 0 saturated carbocycles. The number of hydrogen-bond donors (Lipinski definition) is 0. The average Bonchev–Trinajstić information content (AvgIpc) is 2.68. The summed E-state index contributed by atoms with van der Waals surface area (Å²) in [6.45, 7) is 0. The Kier molecular flexibility index (Phi) is 5.60. The third-order valence-electron chi connectivity index (χ3n) is 1.32. The van der Waals surface area contributed by atoms with Gasteiger partial charge < -0.3 is 0 Å². The Morgan fingerprint density at radius 1 is 1.07 bits per heavy atom. The number of aromatic nitrogens is 1. The molecule has 0 amide bonds. The van der Waals surface area contributed by atoms with Crippen LogP contribution in [0.15, 0.2) is 42.6 Å². The van der Waals surface area contributed by atoms with Crippen LogP contribution >= 0.6 is 34.5 Å². The van der Waals surface area contributed by atoms with Gasteiger partial charge >= 0.3 is 0 Å². The van der Waals surface area contributed by atoms with Gasteiger partial charge in [-0.1, -0.05) is 48.0 Å². The van der Waals surface area contributed by atoms with Crippen LogP contribution in [0.4, 0.5) is 0 Å². The number of thiazole rings is 1. The van der Waals surface area contributed by atoms with Gasteiger partial charge in [-0.05, 0) is 0 Å². The van der Waals surface area contributed by atoms with Crippen molar-refractivity contribution in [1.29, 1.82) is 0 Å². The number of halogens is 2. The van der Waals surface area contributed by atoms with Crippen molar-refractivity contribution in [2.24, 2.45) is 0 Å². The van der Waals surface area contributed by atoms with Crippen LogP contribution in [0.25, 0.3) is 0 Å². The molecule has 1 aromatic carbocycles. The van der Waals surface area contributed by atoms with E-state index in [1.807, 2.05) is 36.4 Å². The van der Waals surface area contributed by atoms with E-state index in [0.717, 1.165) is 4.88 Å². The molecule has 1 heterocycles. The zero-order valence-electron chi connectivity index (χ0n) is 7.36. The molecule has 0 radical (unpaired) electrons. The lowest BCUT2D eigenvalue weighted by Crippen LogP contribution is -1.60. The Bertz CT molecular complexity index is 321. The number of alkyl halides is 1. The van der Waals surface area contributed by atoms with Crippen molar-refractivity contribution < 1.29 is 0 Å². The van der Waals surface area contributed by atoms with Crippen LogP contribution in [0, 0.1) is 0 Å². The molecule has 0 spiro atoms.